The highest BCUT2D eigenvalue weighted by atomic mass is 79.9. The smallest absolute Gasteiger partial charge is 0.135 e. The summed E-state index contributed by atoms with van der Waals surface area (Å²) in [5, 5.41) is 0. The molecule has 0 amide bonds. The molecule has 0 fully saturated rings. The van der Waals surface area contributed by atoms with Crippen molar-refractivity contribution in [3.63, 3.8) is 0 Å². The Morgan fingerprint density at radius 1 is 1.18 bits per heavy atom. The van der Waals surface area contributed by atoms with Gasteiger partial charge in [0.25, 0.3) is 0 Å². The Labute approximate surface area is 109 Å². The van der Waals surface area contributed by atoms with Gasteiger partial charge in [-0.2, -0.15) is 0 Å². The Balaban J connectivity index is 2.43. The van der Waals surface area contributed by atoms with E-state index in [1.165, 1.54) is 0 Å². The largest absolute Gasteiger partial charge is 0.383 e. The van der Waals surface area contributed by atoms with E-state index in [0.717, 1.165) is 21.4 Å². The molecular weight excluding hydrogens is 278 g/mol. The fraction of sp³-hybridized carbons (Fsp3) is 0.231. The van der Waals surface area contributed by atoms with Crippen LogP contribution in [-0.4, -0.2) is 9.97 Å². The fourth-order valence-electron chi connectivity index (χ4n) is 1.54. The molecule has 4 heteroatoms. The van der Waals surface area contributed by atoms with Crippen molar-refractivity contribution < 1.29 is 0 Å². The van der Waals surface area contributed by atoms with Crippen LogP contribution >= 0.6 is 15.9 Å². The Bertz CT molecular complexity index is 521. The molecule has 2 N–H and O–H groups in total. The minimum atomic E-state index is 0.288. The number of hydrogen-bond acceptors (Lipinski definition) is 3. The van der Waals surface area contributed by atoms with Crippen LogP contribution in [0.25, 0.3) is 11.1 Å². The predicted molar refractivity (Wildman–Crippen MR) is 73.7 cm³/mol. The Morgan fingerprint density at radius 2 is 1.82 bits per heavy atom. The van der Waals surface area contributed by atoms with E-state index in [0.29, 0.717) is 5.82 Å². The van der Waals surface area contributed by atoms with Crippen molar-refractivity contribution in [1.82, 2.24) is 9.97 Å². The highest BCUT2D eigenvalue weighted by Crippen LogP contribution is 2.26. The van der Waals surface area contributed by atoms with Crippen LogP contribution in [0.2, 0.25) is 0 Å². The third-order valence-corrected chi connectivity index (χ3v) is 3.04. The summed E-state index contributed by atoms with van der Waals surface area (Å²) in [6, 6.07) is 7.94. The minimum Gasteiger partial charge on any atom is -0.383 e. The topological polar surface area (TPSA) is 51.8 Å². The average Bonchev–Trinajstić information content (AvgIpc) is 2.30. The summed E-state index contributed by atoms with van der Waals surface area (Å²) >= 11 is 3.40. The zero-order valence-electron chi connectivity index (χ0n) is 9.81. The molecule has 1 aromatic heterocycles. The monoisotopic (exact) mass is 291 g/mol. The Kier molecular flexibility index (Phi) is 3.43. The molecule has 1 aromatic carbocycles. The summed E-state index contributed by atoms with van der Waals surface area (Å²) < 4.78 is 1.04. The van der Waals surface area contributed by atoms with Crippen LogP contribution in [0.5, 0.6) is 0 Å². The summed E-state index contributed by atoms with van der Waals surface area (Å²) in [6.07, 6.45) is 1.79. The Hall–Kier alpha value is -1.42. The molecule has 1 heterocycles. The second-order valence-corrected chi connectivity index (χ2v) is 5.10. The van der Waals surface area contributed by atoms with Crippen LogP contribution in [0.3, 0.4) is 0 Å². The fourth-order valence-corrected chi connectivity index (χ4v) is 1.80. The number of nitrogens with zero attached hydrogens (tertiary/aromatic N) is 2. The van der Waals surface area contributed by atoms with Gasteiger partial charge < -0.3 is 5.73 Å². The van der Waals surface area contributed by atoms with Crippen molar-refractivity contribution >= 4 is 21.7 Å². The quantitative estimate of drug-likeness (QED) is 0.920. The third kappa shape index (κ3) is 2.64. The summed E-state index contributed by atoms with van der Waals surface area (Å²) in [6.45, 7) is 4.10. The van der Waals surface area contributed by atoms with Crippen molar-refractivity contribution in [3.05, 3.63) is 40.8 Å². The van der Waals surface area contributed by atoms with E-state index in [2.05, 4.69) is 25.9 Å². The van der Waals surface area contributed by atoms with Gasteiger partial charge in [0, 0.05) is 22.2 Å². The van der Waals surface area contributed by atoms with Gasteiger partial charge in [0.2, 0.25) is 0 Å². The zero-order chi connectivity index (χ0) is 12.4. The van der Waals surface area contributed by atoms with Crippen LogP contribution in [0.4, 0.5) is 5.82 Å². The number of aromatic nitrogens is 2. The molecule has 0 bridgehead atoms. The third-order valence-electron chi connectivity index (χ3n) is 2.51. The number of nitrogens with two attached hydrogens (primary N) is 1. The molecule has 0 aliphatic heterocycles. The first kappa shape index (κ1) is 12.0. The molecule has 2 rings (SSSR count). The summed E-state index contributed by atoms with van der Waals surface area (Å²) in [7, 11) is 0. The average molecular weight is 292 g/mol. The van der Waals surface area contributed by atoms with Crippen LogP contribution in [0.15, 0.2) is 34.9 Å². The van der Waals surface area contributed by atoms with E-state index in [4.69, 9.17) is 5.73 Å². The number of benzene rings is 1. The first-order valence-corrected chi connectivity index (χ1v) is 6.25. The van der Waals surface area contributed by atoms with Crippen LogP contribution < -0.4 is 5.73 Å². The van der Waals surface area contributed by atoms with E-state index >= 15 is 0 Å². The first-order valence-electron chi connectivity index (χ1n) is 5.46. The minimum absolute atomic E-state index is 0.288. The molecule has 0 radical (unpaired) electrons. The summed E-state index contributed by atoms with van der Waals surface area (Å²) in [5.41, 5.74) is 7.87. The van der Waals surface area contributed by atoms with Crippen LogP contribution in [0, 0.1) is 0 Å². The molecule has 0 aliphatic carbocycles. The van der Waals surface area contributed by atoms with Gasteiger partial charge in [-0.1, -0.05) is 41.9 Å². The van der Waals surface area contributed by atoms with Gasteiger partial charge in [-0.15, -0.1) is 0 Å². The highest BCUT2D eigenvalue weighted by molar-refractivity contribution is 9.10. The van der Waals surface area contributed by atoms with E-state index in [-0.39, 0.29) is 5.92 Å². The van der Waals surface area contributed by atoms with E-state index < -0.39 is 0 Å². The van der Waals surface area contributed by atoms with Crippen molar-refractivity contribution in [3.8, 4) is 11.1 Å². The lowest BCUT2D eigenvalue weighted by atomic mass is 10.1. The highest BCUT2D eigenvalue weighted by Gasteiger charge is 2.08. The number of halogens is 1. The van der Waals surface area contributed by atoms with Gasteiger partial charge in [-0.3, -0.25) is 0 Å². The van der Waals surface area contributed by atoms with Gasteiger partial charge in [0.05, 0.1) is 0 Å². The molecule has 88 valence electrons. The molecule has 0 aliphatic rings. The van der Waals surface area contributed by atoms with E-state index in [9.17, 15) is 0 Å². The van der Waals surface area contributed by atoms with Crippen LogP contribution in [0.1, 0.15) is 25.6 Å². The molecular formula is C13H14BrN3. The standard InChI is InChI=1S/C13H14BrN3/c1-8(2)13-16-7-11(12(15)17-13)9-3-5-10(14)6-4-9/h3-8H,1-2H3,(H2,15,16,17). The summed E-state index contributed by atoms with van der Waals surface area (Å²) in [5.74, 6) is 1.60. The maximum absolute atomic E-state index is 5.97. The van der Waals surface area contributed by atoms with E-state index in [1.54, 1.807) is 6.20 Å². The molecule has 0 saturated heterocycles. The van der Waals surface area contributed by atoms with Crippen molar-refractivity contribution in [2.24, 2.45) is 0 Å². The number of anilines is 1. The zero-order valence-corrected chi connectivity index (χ0v) is 11.4. The Morgan fingerprint density at radius 3 is 2.35 bits per heavy atom. The molecule has 0 atom stereocenters. The number of nitrogen functional groups attached to an aromatic ring is 1. The van der Waals surface area contributed by atoms with Gasteiger partial charge in [-0.05, 0) is 17.7 Å². The molecule has 0 unspecified atom stereocenters. The number of hydrogen-bond donors (Lipinski definition) is 1. The second kappa shape index (κ2) is 4.84. The van der Waals surface area contributed by atoms with Gasteiger partial charge in [0.15, 0.2) is 0 Å². The maximum Gasteiger partial charge on any atom is 0.135 e. The molecule has 2 aromatic rings. The predicted octanol–water partition coefficient (Wildman–Crippen LogP) is 3.61. The lowest BCUT2D eigenvalue weighted by Gasteiger charge is -2.08. The normalized spacial score (nSPS) is 10.8. The summed E-state index contributed by atoms with van der Waals surface area (Å²) in [4.78, 5) is 8.66. The molecule has 17 heavy (non-hydrogen) atoms. The van der Waals surface area contributed by atoms with Gasteiger partial charge in [-0.25, -0.2) is 9.97 Å². The first-order chi connectivity index (χ1) is 8.08. The van der Waals surface area contributed by atoms with Gasteiger partial charge in [0.1, 0.15) is 11.6 Å². The lowest BCUT2D eigenvalue weighted by molar-refractivity contribution is 0.777. The van der Waals surface area contributed by atoms with Crippen LogP contribution in [-0.2, 0) is 0 Å². The molecule has 0 saturated carbocycles. The van der Waals surface area contributed by atoms with E-state index in [1.807, 2.05) is 38.1 Å². The van der Waals surface area contributed by atoms with Gasteiger partial charge >= 0.3 is 0 Å². The van der Waals surface area contributed by atoms with Crippen molar-refractivity contribution in [2.45, 2.75) is 19.8 Å². The number of rotatable bonds is 2. The molecule has 3 nitrogen and oxygen atoms in total. The second-order valence-electron chi connectivity index (χ2n) is 4.19. The van der Waals surface area contributed by atoms with Crippen molar-refractivity contribution in [1.29, 1.82) is 0 Å². The molecule has 0 spiro atoms. The lowest BCUT2D eigenvalue weighted by Crippen LogP contribution is -2.02. The van der Waals surface area contributed by atoms with Crippen molar-refractivity contribution in [2.75, 3.05) is 5.73 Å². The SMILES string of the molecule is CC(C)c1ncc(-c2ccc(Br)cc2)c(N)n1. The maximum atomic E-state index is 5.97.